The number of carbonyl (C=O) groups is 1. The van der Waals surface area contributed by atoms with Gasteiger partial charge in [0, 0.05) is 25.8 Å². The first kappa shape index (κ1) is 16.9. The maximum absolute atomic E-state index is 11.7. The molecule has 21 heavy (non-hydrogen) atoms. The summed E-state index contributed by atoms with van der Waals surface area (Å²) in [7, 11) is 1.62. The predicted octanol–water partition coefficient (Wildman–Crippen LogP) is 0.658. The highest BCUT2D eigenvalue weighted by molar-refractivity contribution is 5.90. The summed E-state index contributed by atoms with van der Waals surface area (Å²) in [5.41, 5.74) is 6.74. The van der Waals surface area contributed by atoms with Gasteiger partial charge < -0.3 is 21.1 Å². The number of nitrogens with one attached hydrogen (secondary N) is 2. The summed E-state index contributed by atoms with van der Waals surface area (Å²) in [4.78, 5) is 19.9. The van der Waals surface area contributed by atoms with Crippen molar-refractivity contribution in [2.24, 2.45) is 10.7 Å². The maximum atomic E-state index is 11.7. The Bertz CT molecular complexity index is 473. The Hall–Kier alpha value is -2.15. The molecule has 0 aliphatic carbocycles. The number of aliphatic imine (C=N–C) groups is 1. The molecule has 0 bridgehead atoms. The number of aryl methyl sites for hydroxylation is 1. The molecule has 1 heterocycles. The van der Waals surface area contributed by atoms with Crippen molar-refractivity contribution >= 4 is 17.7 Å². The van der Waals surface area contributed by atoms with Crippen LogP contribution in [-0.2, 0) is 9.53 Å². The monoisotopic (exact) mass is 293 g/mol. The first-order valence-electron chi connectivity index (χ1n) is 6.79. The number of pyridine rings is 1. The highest BCUT2D eigenvalue weighted by Gasteiger charge is 2.04. The molecule has 116 valence electrons. The summed E-state index contributed by atoms with van der Waals surface area (Å²) >= 11 is 0. The first-order chi connectivity index (χ1) is 10.0. The molecule has 1 amide bonds. The van der Waals surface area contributed by atoms with Crippen LogP contribution < -0.4 is 16.4 Å². The molecule has 7 nitrogen and oxygen atoms in total. The maximum Gasteiger partial charge on any atom is 0.227 e. The molecular weight excluding hydrogens is 270 g/mol. The van der Waals surface area contributed by atoms with Crippen molar-refractivity contribution < 1.29 is 9.53 Å². The van der Waals surface area contributed by atoms with Crippen LogP contribution in [0.25, 0.3) is 0 Å². The Morgan fingerprint density at radius 3 is 2.90 bits per heavy atom. The number of aromatic nitrogens is 1. The van der Waals surface area contributed by atoms with Crippen molar-refractivity contribution in [3.8, 4) is 0 Å². The lowest BCUT2D eigenvalue weighted by Gasteiger charge is -2.12. The van der Waals surface area contributed by atoms with Crippen molar-refractivity contribution in [2.75, 3.05) is 25.6 Å². The minimum atomic E-state index is -0.146. The lowest BCUT2D eigenvalue weighted by molar-refractivity contribution is -0.116. The zero-order valence-corrected chi connectivity index (χ0v) is 12.7. The van der Waals surface area contributed by atoms with Crippen LogP contribution in [0.15, 0.2) is 23.3 Å². The van der Waals surface area contributed by atoms with Gasteiger partial charge in [0.25, 0.3) is 0 Å². The third kappa shape index (κ3) is 7.26. The average molecular weight is 293 g/mol. The minimum Gasteiger partial charge on any atom is -0.383 e. The van der Waals surface area contributed by atoms with Crippen LogP contribution in [0.2, 0.25) is 0 Å². The van der Waals surface area contributed by atoms with Gasteiger partial charge in [-0.15, -0.1) is 0 Å². The van der Waals surface area contributed by atoms with Gasteiger partial charge >= 0.3 is 0 Å². The fourth-order valence-corrected chi connectivity index (χ4v) is 1.61. The van der Waals surface area contributed by atoms with E-state index >= 15 is 0 Å². The number of hydrogen-bond acceptors (Lipinski definition) is 4. The Balaban J connectivity index is 2.30. The molecule has 0 aliphatic rings. The van der Waals surface area contributed by atoms with Crippen molar-refractivity contribution in [1.82, 2.24) is 10.3 Å². The van der Waals surface area contributed by atoms with Crippen LogP contribution in [0.5, 0.6) is 0 Å². The smallest absolute Gasteiger partial charge is 0.227 e. The molecule has 1 atom stereocenters. The molecule has 0 aromatic carbocycles. The summed E-state index contributed by atoms with van der Waals surface area (Å²) in [6.45, 7) is 4.72. The Morgan fingerprint density at radius 1 is 1.52 bits per heavy atom. The summed E-state index contributed by atoms with van der Waals surface area (Å²) in [6.07, 6.45) is 1.95. The molecule has 1 aromatic rings. The van der Waals surface area contributed by atoms with Crippen molar-refractivity contribution in [2.45, 2.75) is 26.3 Å². The third-order valence-electron chi connectivity index (χ3n) is 2.61. The van der Waals surface area contributed by atoms with Crippen LogP contribution in [-0.4, -0.2) is 43.2 Å². The van der Waals surface area contributed by atoms with Crippen LogP contribution in [0.4, 0.5) is 5.82 Å². The Morgan fingerprint density at radius 2 is 2.29 bits per heavy atom. The molecule has 0 spiro atoms. The van der Waals surface area contributed by atoms with Crippen molar-refractivity contribution in [3.63, 3.8) is 0 Å². The number of carbonyl (C=O) groups excluding carboxylic acids is 1. The number of rotatable bonds is 7. The fourth-order valence-electron chi connectivity index (χ4n) is 1.61. The number of guanidine groups is 1. The highest BCUT2D eigenvalue weighted by atomic mass is 16.5. The van der Waals surface area contributed by atoms with Gasteiger partial charge in [-0.1, -0.05) is 6.07 Å². The summed E-state index contributed by atoms with van der Waals surface area (Å²) in [5.74, 6) is 0.697. The number of ether oxygens (including phenoxy) is 1. The van der Waals surface area contributed by atoms with E-state index in [1.54, 1.807) is 19.4 Å². The number of nitrogens with zero attached hydrogens (tertiary/aromatic N) is 2. The lowest BCUT2D eigenvalue weighted by atomic mass is 10.3. The van der Waals surface area contributed by atoms with E-state index in [0.29, 0.717) is 24.9 Å². The van der Waals surface area contributed by atoms with E-state index in [-0.39, 0.29) is 18.4 Å². The van der Waals surface area contributed by atoms with Crippen LogP contribution in [0, 0.1) is 6.92 Å². The SMILES string of the molecule is COCC(C)NC(N)=NCCC(=O)Nc1ccc(C)cn1. The highest BCUT2D eigenvalue weighted by Crippen LogP contribution is 2.04. The Kier molecular flexibility index (Phi) is 7.17. The second-order valence-corrected chi connectivity index (χ2v) is 4.79. The van der Waals surface area contributed by atoms with Gasteiger partial charge in [0.1, 0.15) is 5.82 Å². The van der Waals surface area contributed by atoms with E-state index in [0.717, 1.165) is 5.56 Å². The Labute approximate surface area is 125 Å². The van der Waals surface area contributed by atoms with Crippen LogP contribution in [0.1, 0.15) is 18.9 Å². The summed E-state index contributed by atoms with van der Waals surface area (Å²) in [5, 5.41) is 5.67. The molecule has 0 saturated carbocycles. The van der Waals surface area contributed by atoms with Gasteiger partial charge in [0.05, 0.1) is 13.2 Å². The molecule has 0 saturated heterocycles. The molecule has 7 heteroatoms. The second kappa shape index (κ2) is 8.91. The van der Waals surface area contributed by atoms with Gasteiger partial charge in [-0.3, -0.25) is 9.79 Å². The number of hydrogen-bond donors (Lipinski definition) is 3. The van der Waals surface area contributed by atoms with Gasteiger partial charge in [0.15, 0.2) is 5.96 Å². The van der Waals surface area contributed by atoms with E-state index in [9.17, 15) is 4.79 Å². The van der Waals surface area contributed by atoms with Crippen molar-refractivity contribution in [3.05, 3.63) is 23.9 Å². The number of amides is 1. The molecule has 4 N–H and O–H groups in total. The predicted molar refractivity (Wildman–Crippen MR) is 83.2 cm³/mol. The van der Waals surface area contributed by atoms with Gasteiger partial charge in [-0.05, 0) is 25.5 Å². The molecule has 1 aromatic heterocycles. The van der Waals surface area contributed by atoms with Gasteiger partial charge in [-0.25, -0.2) is 4.98 Å². The largest absolute Gasteiger partial charge is 0.383 e. The summed E-state index contributed by atoms with van der Waals surface area (Å²) in [6, 6.07) is 3.72. The molecule has 0 radical (unpaired) electrons. The number of nitrogens with two attached hydrogens (primary N) is 1. The number of anilines is 1. The van der Waals surface area contributed by atoms with Gasteiger partial charge in [-0.2, -0.15) is 0 Å². The lowest BCUT2D eigenvalue weighted by Crippen LogP contribution is -2.40. The second-order valence-electron chi connectivity index (χ2n) is 4.79. The van der Waals surface area contributed by atoms with Crippen molar-refractivity contribution in [1.29, 1.82) is 0 Å². The zero-order chi connectivity index (χ0) is 15.7. The molecule has 0 aliphatic heterocycles. The van der Waals surface area contributed by atoms with E-state index in [4.69, 9.17) is 10.5 Å². The van der Waals surface area contributed by atoms with E-state index < -0.39 is 0 Å². The van der Waals surface area contributed by atoms with E-state index in [1.807, 2.05) is 19.9 Å². The molecular formula is C14H23N5O2. The topological polar surface area (TPSA) is 102 Å². The van der Waals surface area contributed by atoms with Gasteiger partial charge in [0.2, 0.25) is 5.91 Å². The minimum absolute atomic E-state index is 0.0735. The molecule has 1 rings (SSSR count). The average Bonchev–Trinajstić information content (AvgIpc) is 2.41. The normalized spacial score (nSPS) is 12.8. The fraction of sp³-hybridized carbons (Fsp3) is 0.500. The van der Waals surface area contributed by atoms with E-state index in [1.165, 1.54) is 0 Å². The van der Waals surface area contributed by atoms with Crippen LogP contribution in [0.3, 0.4) is 0 Å². The summed E-state index contributed by atoms with van der Waals surface area (Å²) < 4.78 is 4.98. The number of methoxy groups -OCH3 is 1. The quantitative estimate of drug-likeness (QED) is 0.506. The zero-order valence-electron chi connectivity index (χ0n) is 12.7. The van der Waals surface area contributed by atoms with Crippen LogP contribution >= 0.6 is 0 Å². The first-order valence-corrected chi connectivity index (χ1v) is 6.79. The molecule has 0 fully saturated rings. The third-order valence-corrected chi connectivity index (χ3v) is 2.61. The van der Waals surface area contributed by atoms with E-state index in [2.05, 4.69) is 20.6 Å². The molecule has 1 unspecified atom stereocenters. The standard InChI is InChI=1S/C14H23N5O2/c1-10-4-5-12(17-8-10)19-13(20)6-7-16-14(15)18-11(2)9-21-3/h4-5,8,11H,6-7,9H2,1-3H3,(H3,15,16,18)(H,17,19,20).